The molecule has 0 aliphatic carbocycles. The topological polar surface area (TPSA) is 32.3 Å². The van der Waals surface area contributed by atoms with Crippen molar-refractivity contribution in [2.75, 3.05) is 26.2 Å². The predicted molar refractivity (Wildman–Crippen MR) is 73.8 cm³/mol. The Balaban J connectivity index is 2.02. The largest absolute Gasteiger partial charge is 0.336 e. The quantitative estimate of drug-likeness (QED) is 0.884. The fourth-order valence-corrected chi connectivity index (χ4v) is 2.31. The lowest BCUT2D eigenvalue weighted by molar-refractivity contribution is 0.0736. The first-order valence-corrected chi connectivity index (χ1v) is 6.76. The Labute approximate surface area is 109 Å². The molecule has 0 atom stereocenters. The fourth-order valence-electron chi connectivity index (χ4n) is 2.31. The van der Waals surface area contributed by atoms with Crippen LogP contribution in [0, 0.1) is 5.92 Å². The van der Waals surface area contributed by atoms with E-state index in [1.807, 2.05) is 17.0 Å². The molecule has 18 heavy (non-hydrogen) atoms. The van der Waals surface area contributed by atoms with Crippen molar-refractivity contribution in [3.05, 3.63) is 35.4 Å². The van der Waals surface area contributed by atoms with Gasteiger partial charge in [-0.2, -0.15) is 0 Å². The van der Waals surface area contributed by atoms with Crippen LogP contribution >= 0.6 is 0 Å². The molecular weight excluding hydrogens is 224 g/mol. The molecule has 3 heteroatoms. The van der Waals surface area contributed by atoms with Crippen molar-refractivity contribution in [1.82, 2.24) is 10.2 Å². The summed E-state index contributed by atoms with van der Waals surface area (Å²) in [5, 5.41) is 3.26. The van der Waals surface area contributed by atoms with Gasteiger partial charge in [-0.1, -0.05) is 26.0 Å². The van der Waals surface area contributed by atoms with Crippen LogP contribution < -0.4 is 5.32 Å². The van der Waals surface area contributed by atoms with E-state index in [9.17, 15) is 4.79 Å². The molecule has 1 amide bonds. The second-order valence-electron chi connectivity index (χ2n) is 5.34. The lowest BCUT2D eigenvalue weighted by Crippen LogP contribution is -2.46. The molecule has 0 spiro atoms. The SMILES string of the molecule is CC(C)Cc1ccc(C(=O)N2CCNCC2)cc1. The number of benzene rings is 1. The van der Waals surface area contributed by atoms with Crippen molar-refractivity contribution < 1.29 is 4.79 Å². The highest BCUT2D eigenvalue weighted by Crippen LogP contribution is 2.11. The second kappa shape index (κ2) is 6.01. The van der Waals surface area contributed by atoms with Gasteiger partial charge in [-0.05, 0) is 30.0 Å². The molecule has 2 rings (SSSR count). The third-order valence-corrected chi connectivity index (χ3v) is 3.25. The van der Waals surface area contributed by atoms with Gasteiger partial charge in [0.1, 0.15) is 0 Å². The molecule has 98 valence electrons. The highest BCUT2D eigenvalue weighted by atomic mass is 16.2. The number of nitrogens with one attached hydrogen (secondary N) is 1. The molecule has 1 fully saturated rings. The van der Waals surface area contributed by atoms with E-state index in [0.717, 1.165) is 38.2 Å². The Bertz CT molecular complexity index is 391. The molecular formula is C15H22N2O. The Morgan fingerprint density at radius 1 is 1.22 bits per heavy atom. The Hall–Kier alpha value is -1.35. The number of piperazine rings is 1. The molecule has 0 bridgehead atoms. The van der Waals surface area contributed by atoms with E-state index in [0.29, 0.717) is 5.92 Å². The van der Waals surface area contributed by atoms with Gasteiger partial charge in [-0.15, -0.1) is 0 Å². The summed E-state index contributed by atoms with van der Waals surface area (Å²) in [4.78, 5) is 14.2. The minimum absolute atomic E-state index is 0.160. The van der Waals surface area contributed by atoms with E-state index >= 15 is 0 Å². The Morgan fingerprint density at radius 3 is 2.39 bits per heavy atom. The van der Waals surface area contributed by atoms with Crippen molar-refractivity contribution >= 4 is 5.91 Å². The summed E-state index contributed by atoms with van der Waals surface area (Å²) in [7, 11) is 0. The third-order valence-electron chi connectivity index (χ3n) is 3.25. The van der Waals surface area contributed by atoms with Crippen LogP contribution in [0.3, 0.4) is 0 Å². The van der Waals surface area contributed by atoms with Gasteiger partial charge < -0.3 is 10.2 Å². The Kier molecular flexibility index (Phi) is 4.37. The van der Waals surface area contributed by atoms with Crippen molar-refractivity contribution in [3.63, 3.8) is 0 Å². The number of hydrogen-bond donors (Lipinski definition) is 1. The minimum Gasteiger partial charge on any atom is -0.336 e. The van der Waals surface area contributed by atoms with Crippen molar-refractivity contribution in [2.24, 2.45) is 5.92 Å². The van der Waals surface area contributed by atoms with Crippen LogP contribution in [-0.2, 0) is 6.42 Å². The van der Waals surface area contributed by atoms with E-state index in [-0.39, 0.29) is 5.91 Å². The van der Waals surface area contributed by atoms with Crippen LogP contribution in [0.15, 0.2) is 24.3 Å². The summed E-state index contributed by atoms with van der Waals surface area (Å²) in [5.74, 6) is 0.812. The fraction of sp³-hybridized carbons (Fsp3) is 0.533. The summed E-state index contributed by atoms with van der Waals surface area (Å²) < 4.78 is 0. The zero-order valence-electron chi connectivity index (χ0n) is 11.3. The van der Waals surface area contributed by atoms with Gasteiger partial charge in [-0.25, -0.2) is 0 Å². The molecule has 0 unspecified atom stereocenters. The van der Waals surface area contributed by atoms with Crippen LogP contribution in [0.25, 0.3) is 0 Å². The molecule has 3 nitrogen and oxygen atoms in total. The van der Waals surface area contributed by atoms with E-state index in [1.165, 1.54) is 5.56 Å². The molecule has 1 aliphatic heterocycles. The normalized spacial score (nSPS) is 16.1. The van der Waals surface area contributed by atoms with Crippen LogP contribution in [0.2, 0.25) is 0 Å². The third kappa shape index (κ3) is 3.33. The number of carbonyl (C=O) groups is 1. The molecule has 0 saturated carbocycles. The molecule has 1 aliphatic rings. The monoisotopic (exact) mass is 246 g/mol. The number of amides is 1. The molecule has 1 N–H and O–H groups in total. The Morgan fingerprint density at radius 2 is 1.83 bits per heavy atom. The van der Waals surface area contributed by atoms with Gasteiger partial charge in [0.2, 0.25) is 0 Å². The predicted octanol–water partition coefficient (Wildman–Crippen LogP) is 1.93. The van der Waals surface area contributed by atoms with Gasteiger partial charge in [0.05, 0.1) is 0 Å². The van der Waals surface area contributed by atoms with Crippen LogP contribution in [0.4, 0.5) is 0 Å². The first-order chi connectivity index (χ1) is 8.66. The van der Waals surface area contributed by atoms with Gasteiger partial charge in [0, 0.05) is 31.7 Å². The van der Waals surface area contributed by atoms with Crippen molar-refractivity contribution in [1.29, 1.82) is 0 Å². The molecule has 1 saturated heterocycles. The average molecular weight is 246 g/mol. The van der Waals surface area contributed by atoms with Gasteiger partial charge in [0.15, 0.2) is 0 Å². The van der Waals surface area contributed by atoms with E-state index in [2.05, 4.69) is 31.3 Å². The van der Waals surface area contributed by atoms with Gasteiger partial charge in [-0.3, -0.25) is 4.79 Å². The van der Waals surface area contributed by atoms with Crippen LogP contribution in [0.5, 0.6) is 0 Å². The number of nitrogens with zero attached hydrogens (tertiary/aromatic N) is 1. The van der Waals surface area contributed by atoms with Crippen LogP contribution in [-0.4, -0.2) is 37.0 Å². The average Bonchev–Trinajstić information content (AvgIpc) is 2.39. The van der Waals surface area contributed by atoms with E-state index in [4.69, 9.17) is 0 Å². The highest BCUT2D eigenvalue weighted by molar-refractivity contribution is 5.94. The van der Waals surface area contributed by atoms with E-state index in [1.54, 1.807) is 0 Å². The standard InChI is InChI=1S/C15H22N2O/c1-12(2)11-13-3-5-14(6-4-13)15(18)17-9-7-16-8-10-17/h3-6,12,16H,7-11H2,1-2H3. The maximum absolute atomic E-state index is 12.2. The van der Waals surface area contributed by atoms with Crippen molar-refractivity contribution in [3.8, 4) is 0 Å². The summed E-state index contributed by atoms with van der Waals surface area (Å²) in [6.45, 7) is 7.84. The first kappa shape index (κ1) is 13.1. The van der Waals surface area contributed by atoms with E-state index < -0.39 is 0 Å². The zero-order chi connectivity index (χ0) is 13.0. The van der Waals surface area contributed by atoms with Gasteiger partial charge in [0.25, 0.3) is 5.91 Å². The molecule has 1 aromatic carbocycles. The lowest BCUT2D eigenvalue weighted by Gasteiger charge is -2.27. The van der Waals surface area contributed by atoms with Crippen molar-refractivity contribution in [2.45, 2.75) is 20.3 Å². The van der Waals surface area contributed by atoms with Crippen LogP contribution in [0.1, 0.15) is 29.8 Å². The molecule has 1 aromatic rings. The maximum atomic E-state index is 12.2. The maximum Gasteiger partial charge on any atom is 0.253 e. The summed E-state index contributed by atoms with van der Waals surface area (Å²) in [6, 6.07) is 8.08. The number of hydrogen-bond acceptors (Lipinski definition) is 2. The number of rotatable bonds is 3. The second-order valence-corrected chi connectivity index (χ2v) is 5.34. The first-order valence-electron chi connectivity index (χ1n) is 6.76. The smallest absolute Gasteiger partial charge is 0.253 e. The number of carbonyl (C=O) groups excluding carboxylic acids is 1. The van der Waals surface area contributed by atoms with Gasteiger partial charge >= 0.3 is 0 Å². The lowest BCUT2D eigenvalue weighted by atomic mass is 10.0. The highest BCUT2D eigenvalue weighted by Gasteiger charge is 2.17. The summed E-state index contributed by atoms with van der Waals surface area (Å²) in [5.41, 5.74) is 2.12. The minimum atomic E-state index is 0.160. The molecule has 0 radical (unpaired) electrons. The zero-order valence-corrected chi connectivity index (χ0v) is 11.3. The summed E-state index contributed by atoms with van der Waals surface area (Å²) >= 11 is 0. The molecule has 1 heterocycles. The molecule has 0 aromatic heterocycles. The summed E-state index contributed by atoms with van der Waals surface area (Å²) in [6.07, 6.45) is 1.07.